The van der Waals surface area contributed by atoms with Gasteiger partial charge in [-0.15, -0.1) is 0 Å². The highest BCUT2D eigenvalue weighted by atomic mass is 16.6. The van der Waals surface area contributed by atoms with Gasteiger partial charge in [0.25, 0.3) is 0 Å². The first kappa shape index (κ1) is 16.3. The standard InChI is InChI=1S/C16H22N2O4/c1-5-21-14(19)12-8-11(12)13-7-6-10(9-17-13)18-15(20)22-16(2,3)4/h6-7,9,11-12H,5,8H2,1-4H3,(H,18,20). The number of esters is 1. The zero-order chi connectivity index (χ0) is 16.3. The van der Waals surface area contributed by atoms with Gasteiger partial charge in [-0.2, -0.15) is 0 Å². The number of pyridine rings is 1. The number of hydrogen-bond donors (Lipinski definition) is 1. The molecule has 2 atom stereocenters. The Morgan fingerprint density at radius 2 is 2.09 bits per heavy atom. The minimum atomic E-state index is -0.543. The summed E-state index contributed by atoms with van der Waals surface area (Å²) in [5.41, 5.74) is 0.859. The minimum absolute atomic E-state index is 0.0860. The topological polar surface area (TPSA) is 77.5 Å². The molecule has 0 spiro atoms. The second-order valence-corrected chi connectivity index (χ2v) is 6.30. The van der Waals surface area contributed by atoms with Crippen LogP contribution in [0.5, 0.6) is 0 Å². The van der Waals surface area contributed by atoms with Crippen LogP contribution < -0.4 is 5.32 Å². The molecule has 1 aliphatic rings. The number of carbonyl (C=O) groups is 2. The van der Waals surface area contributed by atoms with E-state index in [-0.39, 0.29) is 17.8 Å². The Kier molecular flexibility index (Phi) is 4.68. The Morgan fingerprint density at radius 3 is 2.64 bits per heavy atom. The van der Waals surface area contributed by atoms with Crippen LogP contribution in [0.2, 0.25) is 0 Å². The molecule has 0 saturated heterocycles. The fourth-order valence-electron chi connectivity index (χ4n) is 2.15. The summed E-state index contributed by atoms with van der Waals surface area (Å²) >= 11 is 0. The molecule has 2 unspecified atom stereocenters. The van der Waals surface area contributed by atoms with E-state index in [2.05, 4.69) is 10.3 Å². The SMILES string of the molecule is CCOC(=O)C1CC1c1ccc(NC(=O)OC(C)(C)C)cn1. The Labute approximate surface area is 130 Å². The fourth-order valence-corrected chi connectivity index (χ4v) is 2.15. The van der Waals surface area contributed by atoms with Gasteiger partial charge in [0.2, 0.25) is 0 Å². The molecule has 1 N–H and O–H groups in total. The van der Waals surface area contributed by atoms with E-state index in [1.54, 1.807) is 40.0 Å². The predicted octanol–water partition coefficient (Wildman–Crippen LogP) is 3.10. The first-order chi connectivity index (χ1) is 10.3. The highest BCUT2D eigenvalue weighted by Crippen LogP contribution is 2.47. The molecule has 1 heterocycles. The van der Waals surface area contributed by atoms with Gasteiger partial charge in [0.05, 0.1) is 24.4 Å². The van der Waals surface area contributed by atoms with E-state index in [9.17, 15) is 9.59 Å². The van der Waals surface area contributed by atoms with Gasteiger partial charge in [-0.1, -0.05) is 0 Å². The number of hydrogen-bond acceptors (Lipinski definition) is 5. The lowest BCUT2D eigenvalue weighted by Gasteiger charge is -2.19. The predicted molar refractivity (Wildman–Crippen MR) is 81.6 cm³/mol. The molecule has 6 nitrogen and oxygen atoms in total. The largest absolute Gasteiger partial charge is 0.466 e. The summed E-state index contributed by atoms with van der Waals surface area (Å²) in [4.78, 5) is 27.6. The van der Waals surface area contributed by atoms with Crippen LogP contribution in [-0.4, -0.2) is 29.3 Å². The molecule has 1 aromatic heterocycles. The molecule has 1 aromatic rings. The lowest BCUT2D eigenvalue weighted by Crippen LogP contribution is -2.27. The van der Waals surface area contributed by atoms with Crippen LogP contribution in [-0.2, 0) is 14.3 Å². The summed E-state index contributed by atoms with van der Waals surface area (Å²) in [6.07, 6.45) is 1.82. The molecule has 2 rings (SSSR count). The maximum atomic E-state index is 11.7. The van der Waals surface area contributed by atoms with E-state index in [1.807, 2.05) is 6.07 Å². The first-order valence-corrected chi connectivity index (χ1v) is 7.42. The number of carbonyl (C=O) groups excluding carboxylic acids is 2. The zero-order valence-electron chi connectivity index (χ0n) is 13.4. The van der Waals surface area contributed by atoms with Gasteiger partial charge in [-0.3, -0.25) is 15.1 Å². The highest BCUT2D eigenvalue weighted by Gasteiger charge is 2.46. The van der Waals surface area contributed by atoms with Gasteiger partial charge in [-0.05, 0) is 46.2 Å². The molecule has 1 amide bonds. The van der Waals surface area contributed by atoms with Gasteiger partial charge in [0.15, 0.2) is 0 Å². The van der Waals surface area contributed by atoms with Crippen LogP contribution >= 0.6 is 0 Å². The van der Waals surface area contributed by atoms with Gasteiger partial charge in [0, 0.05) is 11.6 Å². The third-order valence-electron chi connectivity index (χ3n) is 3.19. The van der Waals surface area contributed by atoms with Gasteiger partial charge >= 0.3 is 12.1 Å². The van der Waals surface area contributed by atoms with Crippen molar-refractivity contribution in [3.8, 4) is 0 Å². The molecule has 0 bridgehead atoms. The number of nitrogens with zero attached hydrogens (tertiary/aromatic N) is 1. The van der Waals surface area contributed by atoms with Crippen molar-refractivity contribution in [2.24, 2.45) is 5.92 Å². The van der Waals surface area contributed by atoms with Crippen LogP contribution in [0, 0.1) is 5.92 Å². The average molecular weight is 306 g/mol. The van der Waals surface area contributed by atoms with Gasteiger partial charge in [0.1, 0.15) is 5.60 Å². The van der Waals surface area contributed by atoms with Crippen molar-refractivity contribution in [2.75, 3.05) is 11.9 Å². The Morgan fingerprint density at radius 1 is 1.36 bits per heavy atom. The van der Waals surface area contributed by atoms with Gasteiger partial charge < -0.3 is 9.47 Å². The summed E-state index contributed by atoms with van der Waals surface area (Å²) in [5.74, 6) is -0.128. The quantitative estimate of drug-likeness (QED) is 0.865. The van der Waals surface area contributed by atoms with E-state index < -0.39 is 11.7 Å². The number of rotatable bonds is 4. The summed E-state index contributed by atoms with van der Waals surface area (Å²) in [5, 5.41) is 2.62. The highest BCUT2D eigenvalue weighted by molar-refractivity contribution is 5.84. The number of nitrogens with one attached hydrogen (secondary N) is 1. The molecular formula is C16H22N2O4. The summed E-state index contributed by atoms with van der Waals surface area (Å²) in [6, 6.07) is 3.57. The number of ether oxygens (including phenoxy) is 2. The van der Waals surface area contributed by atoms with Crippen molar-refractivity contribution in [2.45, 2.75) is 45.6 Å². The fraction of sp³-hybridized carbons (Fsp3) is 0.562. The normalized spacial score (nSPS) is 20.2. The Balaban J connectivity index is 1.89. The lowest BCUT2D eigenvalue weighted by atomic mass is 10.2. The van der Waals surface area contributed by atoms with Crippen LogP contribution in [0.15, 0.2) is 18.3 Å². The summed E-state index contributed by atoms with van der Waals surface area (Å²) < 4.78 is 10.2. The number of amides is 1. The van der Waals surface area contributed by atoms with Crippen molar-refractivity contribution in [3.63, 3.8) is 0 Å². The Hall–Kier alpha value is -2.11. The summed E-state index contributed by atoms with van der Waals surface area (Å²) in [7, 11) is 0. The van der Waals surface area contributed by atoms with Gasteiger partial charge in [-0.25, -0.2) is 4.79 Å². The second kappa shape index (κ2) is 6.34. The maximum Gasteiger partial charge on any atom is 0.412 e. The smallest absolute Gasteiger partial charge is 0.412 e. The monoisotopic (exact) mass is 306 g/mol. The zero-order valence-corrected chi connectivity index (χ0v) is 13.4. The van der Waals surface area contributed by atoms with E-state index in [1.165, 1.54) is 0 Å². The molecule has 22 heavy (non-hydrogen) atoms. The molecule has 0 aliphatic heterocycles. The lowest BCUT2D eigenvalue weighted by molar-refractivity contribution is -0.144. The Bertz CT molecular complexity index is 548. The molecule has 1 saturated carbocycles. The van der Waals surface area contributed by atoms with Crippen molar-refractivity contribution in [1.29, 1.82) is 0 Å². The number of aromatic nitrogens is 1. The van der Waals surface area contributed by atoms with Crippen LogP contribution in [0.4, 0.5) is 10.5 Å². The minimum Gasteiger partial charge on any atom is -0.466 e. The van der Waals surface area contributed by atoms with Crippen molar-refractivity contribution in [3.05, 3.63) is 24.0 Å². The van der Waals surface area contributed by atoms with Crippen molar-refractivity contribution < 1.29 is 19.1 Å². The molecule has 1 fully saturated rings. The molecule has 120 valence electrons. The number of anilines is 1. The van der Waals surface area contributed by atoms with Crippen molar-refractivity contribution in [1.82, 2.24) is 4.98 Å². The second-order valence-electron chi connectivity index (χ2n) is 6.30. The van der Waals surface area contributed by atoms with E-state index in [0.29, 0.717) is 12.3 Å². The maximum absolute atomic E-state index is 11.7. The van der Waals surface area contributed by atoms with E-state index in [0.717, 1.165) is 12.1 Å². The molecule has 0 radical (unpaired) electrons. The third kappa shape index (κ3) is 4.44. The average Bonchev–Trinajstić information content (AvgIpc) is 3.18. The van der Waals surface area contributed by atoms with E-state index in [4.69, 9.17) is 9.47 Å². The van der Waals surface area contributed by atoms with E-state index >= 15 is 0 Å². The molecule has 1 aliphatic carbocycles. The molecular weight excluding hydrogens is 284 g/mol. The molecule has 0 aromatic carbocycles. The first-order valence-electron chi connectivity index (χ1n) is 7.42. The molecule has 6 heteroatoms. The van der Waals surface area contributed by atoms with Crippen LogP contribution in [0.1, 0.15) is 45.7 Å². The van der Waals surface area contributed by atoms with Crippen LogP contribution in [0.3, 0.4) is 0 Å². The third-order valence-corrected chi connectivity index (χ3v) is 3.19. The summed E-state index contributed by atoms with van der Waals surface area (Å²) in [6.45, 7) is 7.60. The van der Waals surface area contributed by atoms with Crippen LogP contribution in [0.25, 0.3) is 0 Å². The van der Waals surface area contributed by atoms with Crippen molar-refractivity contribution >= 4 is 17.7 Å².